The second-order valence-corrected chi connectivity index (χ2v) is 4.36. The molecule has 16 heavy (non-hydrogen) atoms. The first kappa shape index (κ1) is 13.5. The average molecular weight is 302 g/mol. The van der Waals surface area contributed by atoms with Crippen LogP contribution in [-0.2, 0) is 19.5 Å². The third-order valence-electron chi connectivity index (χ3n) is 3.12. The zero-order chi connectivity index (χ0) is 10.3. The van der Waals surface area contributed by atoms with Gasteiger partial charge in [0.1, 0.15) is 0 Å². The van der Waals surface area contributed by atoms with Gasteiger partial charge in [-0.2, -0.15) is 0 Å². The molecule has 0 nitrogen and oxygen atoms in total. The monoisotopic (exact) mass is 302 g/mol. The second-order valence-electron chi connectivity index (χ2n) is 4.36. The molecule has 1 heteroatoms. The number of hydrogen-bond acceptors (Lipinski definition) is 0. The van der Waals surface area contributed by atoms with Gasteiger partial charge in [-0.15, -0.1) is 5.56 Å². The van der Waals surface area contributed by atoms with E-state index >= 15 is 0 Å². The van der Waals surface area contributed by atoms with Crippen LogP contribution in [0.1, 0.15) is 37.7 Å². The zero-order valence-corrected chi connectivity index (χ0v) is 11.2. The fourth-order valence-corrected chi connectivity index (χ4v) is 2.21. The average Bonchev–Trinajstić information content (AvgIpc) is 2.32. The quantitative estimate of drug-likeness (QED) is 0.570. The number of rotatable bonds is 3. The topological polar surface area (TPSA) is 0 Å². The summed E-state index contributed by atoms with van der Waals surface area (Å²) >= 11 is 0. The van der Waals surface area contributed by atoms with Crippen LogP contribution in [0.15, 0.2) is 36.4 Å². The van der Waals surface area contributed by atoms with E-state index in [0.29, 0.717) is 0 Å². The summed E-state index contributed by atoms with van der Waals surface area (Å²) in [5.74, 6) is 0.832. The van der Waals surface area contributed by atoms with Gasteiger partial charge >= 0.3 is 0 Å². The van der Waals surface area contributed by atoms with Crippen molar-refractivity contribution in [3.63, 3.8) is 0 Å². The van der Waals surface area contributed by atoms with E-state index < -0.39 is 0 Å². The predicted molar refractivity (Wildman–Crippen MR) is 66.4 cm³/mol. The fraction of sp³-hybridized carbons (Fsp3) is 0.400. The van der Waals surface area contributed by atoms with Gasteiger partial charge < -0.3 is 0 Å². The summed E-state index contributed by atoms with van der Waals surface area (Å²) in [5, 5.41) is 0. The van der Waals surface area contributed by atoms with Crippen molar-refractivity contribution in [2.75, 3.05) is 0 Å². The Balaban J connectivity index is 0.00000128. The molecular formula is C15H19Rh-. The molecule has 1 aromatic carbocycles. The number of hydrogen-bond donors (Lipinski definition) is 0. The minimum absolute atomic E-state index is 0. The molecule has 1 saturated carbocycles. The first-order valence-corrected chi connectivity index (χ1v) is 6.02. The van der Waals surface area contributed by atoms with E-state index in [1.807, 2.05) is 0 Å². The van der Waals surface area contributed by atoms with Gasteiger partial charge in [0.15, 0.2) is 0 Å². The molecule has 1 fully saturated rings. The molecule has 0 amide bonds. The minimum atomic E-state index is 0. The van der Waals surface area contributed by atoms with E-state index in [2.05, 4.69) is 48.9 Å². The summed E-state index contributed by atoms with van der Waals surface area (Å²) in [5.41, 5.74) is 1.30. The van der Waals surface area contributed by atoms with Crippen LogP contribution in [0.25, 0.3) is 6.08 Å². The van der Waals surface area contributed by atoms with Gasteiger partial charge in [-0.25, -0.2) is 18.6 Å². The molecule has 0 aliphatic heterocycles. The summed E-state index contributed by atoms with van der Waals surface area (Å²) in [6.07, 6.45) is 13.9. The van der Waals surface area contributed by atoms with Crippen molar-refractivity contribution in [3.05, 3.63) is 48.4 Å². The fourth-order valence-electron chi connectivity index (χ4n) is 2.21. The molecule has 89 valence electrons. The maximum Gasteiger partial charge on any atom is 0 e. The molecular weight excluding hydrogens is 283 g/mol. The van der Waals surface area contributed by atoms with Gasteiger partial charge in [-0.3, -0.25) is 0 Å². The van der Waals surface area contributed by atoms with E-state index in [-0.39, 0.29) is 19.5 Å². The van der Waals surface area contributed by atoms with Crippen LogP contribution in [0, 0.1) is 12.3 Å². The Morgan fingerprint density at radius 1 is 1.00 bits per heavy atom. The van der Waals surface area contributed by atoms with E-state index in [4.69, 9.17) is 0 Å². The standard InChI is InChI=1S/C15H19.Rh/c1-3-8-14(9-4-1)12-7-13-15-10-5-2-6-11-15;/h1,3-4,7-9,12-13,15H,2,5-6,10-11H2;/q-1;/b12-7+;. The second kappa shape index (κ2) is 7.68. The van der Waals surface area contributed by atoms with Crippen LogP contribution in [0.2, 0.25) is 0 Å². The SMILES string of the molecule is C(=C\c1ccccc1)/[CH-]C1CCCCC1.[Rh]. The van der Waals surface area contributed by atoms with E-state index in [0.717, 1.165) is 5.92 Å². The molecule has 1 aliphatic carbocycles. The Bertz CT molecular complexity index is 296. The summed E-state index contributed by atoms with van der Waals surface area (Å²) in [7, 11) is 0. The largest absolute Gasteiger partial charge is 0.227 e. The van der Waals surface area contributed by atoms with Crippen molar-refractivity contribution >= 4 is 6.08 Å². The maximum absolute atomic E-state index is 2.38. The molecule has 1 aromatic rings. The first-order chi connectivity index (χ1) is 7.45. The summed E-state index contributed by atoms with van der Waals surface area (Å²) in [4.78, 5) is 0. The predicted octanol–water partition coefficient (Wildman–Crippen LogP) is 4.48. The van der Waals surface area contributed by atoms with Crippen molar-refractivity contribution in [1.29, 1.82) is 0 Å². The Hall–Kier alpha value is -0.547. The molecule has 0 bridgehead atoms. The van der Waals surface area contributed by atoms with Crippen LogP contribution in [-0.4, -0.2) is 0 Å². The van der Waals surface area contributed by atoms with Gasteiger partial charge in [0.05, 0.1) is 0 Å². The molecule has 2 rings (SSSR count). The summed E-state index contributed by atoms with van der Waals surface area (Å²) in [6, 6.07) is 10.5. The number of benzene rings is 1. The van der Waals surface area contributed by atoms with Crippen LogP contribution in [0.3, 0.4) is 0 Å². The van der Waals surface area contributed by atoms with Crippen LogP contribution < -0.4 is 0 Å². The molecule has 0 atom stereocenters. The molecule has 1 radical (unpaired) electrons. The van der Waals surface area contributed by atoms with E-state index in [1.54, 1.807) is 0 Å². The van der Waals surface area contributed by atoms with Crippen molar-refractivity contribution < 1.29 is 19.5 Å². The first-order valence-electron chi connectivity index (χ1n) is 6.02. The minimum Gasteiger partial charge on any atom is -0.227 e. The molecule has 1 aliphatic rings. The summed E-state index contributed by atoms with van der Waals surface area (Å²) in [6.45, 7) is 0. The van der Waals surface area contributed by atoms with Crippen LogP contribution in [0.5, 0.6) is 0 Å². The van der Waals surface area contributed by atoms with Gasteiger partial charge in [0, 0.05) is 19.5 Å². The Kier molecular flexibility index (Phi) is 6.49. The van der Waals surface area contributed by atoms with E-state index in [9.17, 15) is 0 Å². The van der Waals surface area contributed by atoms with Gasteiger partial charge in [-0.1, -0.05) is 68.4 Å². The third-order valence-corrected chi connectivity index (χ3v) is 3.12. The van der Waals surface area contributed by atoms with Crippen LogP contribution in [0.4, 0.5) is 0 Å². The van der Waals surface area contributed by atoms with Gasteiger partial charge in [0.25, 0.3) is 0 Å². The van der Waals surface area contributed by atoms with Crippen molar-refractivity contribution in [2.24, 2.45) is 5.92 Å². The molecule has 0 N–H and O–H groups in total. The Morgan fingerprint density at radius 2 is 1.69 bits per heavy atom. The Morgan fingerprint density at radius 3 is 2.38 bits per heavy atom. The van der Waals surface area contributed by atoms with Gasteiger partial charge in [-0.05, 0) is 0 Å². The van der Waals surface area contributed by atoms with Crippen LogP contribution >= 0.6 is 0 Å². The Labute approximate surface area is 112 Å². The molecule has 0 unspecified atom stereocenters. The smallest absolute Gasteiger partial charge is 0 e. The normalized spacial score (nSPS) is 17.0. The van der Waals surface area contributed by atoms with Crippen molar-refractivity contribution in [3.8, 4) is 0 Å². The molecule has 0 spiro atoms. The van der Waals surface area contributed by atoms with Gasteiger partial charge in [0.2, 0.25) is 0 Å². The molecule has 0 aromatic heterocycles. The number of allylic oxidation sites excluding steroid dienone is 1. The molecule has 0 saturated heterocycles. The van der Waals surface area contributed by atoms with Crippen molar-refractivity contribution in [2.45, 2.75) is 32.1 Å². The molecule has 0 heterocycles. The maximum atomic E-state index is 2.38. The third kappa shape index (κ3) is 4.53. The van der Waals surface area contributed by atoms with Crippen molar-refractivity contribution in [1.82, 2.24) is 0 Å². The zero-order valence-electron chi connectivity index (χ0n) is 9.57. The summed E-state index contributed by atoms with van der Waals surface area (Å²) < 4.78 is 0. The van der Waals surface area contributed by atoms with E-state index in [1.165, 1.54) is 37.7 Å².